The SMILES string of the molecule is COC(=O)[C@H]1CCN(c2cc(Cl)ccc2C#N)C[C@@H]1C. The Morgan fingerprint density at radius 2 is 2.30 bits per heavy atom. The predicted molar refractivity (Wildman–Crippen MR) is 77.7 cm³/mol. The maximum Gasteiger partial charge on any atom is 0.309 e. The molecule has 0 unspecified atom stereocenters. The van der Waals surface area contributed by atoms with Gasteiger partial charge in [0.1, 0.15) is 6.07 Å². The summed E-state index contributed by atoms with van der Waals surface area (Å²) in [6.45, 7) is 3.47. The summed E-state index contributed by atoms with van der Waals surface area (Å²) >= 11 is 6.02. The van der Waals surface area contributed by atoms with Crippen LogP contribution in [0.25, 0.3) is 0 Å². The Labute approximate surface area is 123 Å². The Hall–Kier alpha value is -1.73. The number of carbonyl (C=O) groups is 1. The van der Waals surface area contributed by atoms with Gasteiger partial charge in [-0.15, -0.1) is 0 Å². The van der Waals surface area contributed by atoms with Gasteiger partial charge in [-0.05, 0) is 30.5 Å². The number of benzene rings is 1. The summed E-state index contributed by atoms with van der Waals surface area (Å²) in [5, 5.41) is 9.80. The van der Waals surface area contributed by atoms with Gasteiger partial charge < -0.3 is 9.64 Å². The molecule has 0 saturated carbocycles. The molecule has 4 nitrogen and oxygen atoms in total. The van der Waals surface area contributed by atoms with Crippen LogP contribution in [0.15, 0.2) is 18.2 Å². The molecular formula is C15H17ClN2O2. The molecule has 0 amide bonds. The van der Waals surface area contributed by atoms with Crippen LogP contribution in [0.3, 0.4) is 0 Å². The van der Waals surface area contributed by atoms with Crippen LogP contribution < -0.4 is 4.90 Å². The lowest BCUT2D eigenvalue weighted by molar-refractivity contribution is -0.147. The lowest BCUT2D eigenvalue weighted by Crippen LogP contribution is -2.42. The minimum absolute atomic E-state index is 0.0685. The molecule has 2 rings (SSSR count). The van der Waals surface area contributed by atoms with Crippen LogP contribution in [-0.4, -0.2) is 26.2 Å². The zero-order valence-corrected chi connectivity index (χ0v) is 12.4. The minimum atomic E-state index is -0.149. The van der Waals surface area contributed by atoms with E-state index in [9.17, 15) is 10.1 Å². The third kappa shape index (κ3) is 2.88. The van der Waals surface area contributed by atoms with Crippen molar-refractivity contribution >= 4 is 23.3 Å². The molecular weight excluding hydrogens is 276 g/mol. The lowest BCUT2D eigenvalue weighted by Gasteiger charge is -2.37. The van der Waals surface area contributed by atoms with E-state index in [2.05, 4.69) is 11.0 Å². The number of carbonyl (C=O) groups excluding carboxylic acids is 1. The summed E-state index contributed by atoms with van der Waals surface area (Å²) in [7, 11) is 1.42. The predicted octanol–water partition coefficient (Wildman–Crippen LogP) is 2.85. The average Bonchev–Trinajstić information content (AvgIpc) is 2.46. The van der Waals surface area contributed by atoms with Crippen LogP contribution in [0.1, 0.15) is 18.9 Å². The van der Waals surface area contributed by atoms with Crippen molar-refractivity contribution in [3.05, 3.63) is 28.8 Å². The van der Waals surface area contributed by atoms with E-state index in [4.69, 9.17) is 16.3 Å². The van der Waals surface area contributed by atoms with E-state index in [1.807, 2.05) is 13.0 Å². The molecule has 1 aliphatic rings. The molecule has 1 fully saturated rings. The standard InChI is InChI=1S/C15H17ClN2O2/c1-10-9-18(6-5-13(10)15(19)20-2)14-7-12(16)4-3-11(14)8-17/h3-4,7,10,13H,5-6,9H2,1-2H3/t10-,13-/m0/s1. The van der Waals surface area contributed by atoms with E-state index >= 15 is 0 Å². The van der Waals surface area contributed by atoms with Gasteiger partial charge >= 0.3 is 5.97 Å². The van der Waals surface area contributed by atoms with E-state index < -0.39 is 0 Å². The number of nitriles is 1. The average molecular weight is 293 g/mol. The van der Waals surface area contributed by atoms with Crippen LogP contribution in [0.4, 0.5) is 5.69 Å². The van der Waals surface area contributed by atoms with Gasteiger partial charge in [-0.1, -0.05) is 18.5 Å². The van der Waals surface area contributed by atoms with Crippen molar-refractivity contribution in [1.82, 2.24) is 0 Å². The lowest BCUT2D eigenvalue weighted by atomic mass is 9.86. The molecule has 0 radical (unpaired) electrons. The smallest absolute Gasteiger partial charge is 0.309 e. The fourth-order valence-corrected chi connectivity index (χ4v) is 2.89. The molecule has 2 atom stereocenters. The molecule has 0 N–H and O–H groups in total. The number of nitrogens with zero attached hydrogens (tertiary/aromatic N) is 2. The molecule has 1 aromatic rings. The maximum atomic E-state index is 11.7. The van der Waals surface area contributed by atoms with Crippen LogP contribution in [-0.2, 0) is 9.53 Å². The van der Waals surface area contributed by atoms with Gasteiger partial charge in [0.05, 0.1) is 24.3 Å². The number of ether oxygens (including phenoxy) is 1. The summed E-state index contributed by atoms with van der Waals surface area (Å²) < 4.78 is 4.83. The Balaban J connectivity index is 2.20. The van der Waals surface area contributed by atoms with Crippen molar-refractivity contribution in [2.45, 2.75) is 13.3 Å². The summed E-state index contributed by atoms with van der Waals surface area (Å²) in [4.78, 5) is 13.8. The first-order valence-corrected chi connectivity index (χ1v) is 6.97. The second-order valence-electron chi connectivity index (χ2n) is 5.11. The molecule has 1 heterocycles. The van der Waals surface area contributed by atoms with Crippen LogP contribution >= 0.6 is 11.6 Å². The van der Waals surface area contributed by atoms with E-state index in [-0.39, 0.29) is 17.8 Å². The van der Waals surface area contributed by atoms with Crippen molar-refractivity contribution in [2.75, 3.05) is 25.1 Å². The number of hydrogen-bond donors (Lipinski definition) is 0. The number of rotatable bonds is 2. The third-order valence-electron chi connectivity index (χ3n) is 3.83. The van der Waals surface area contributed by atoms with Crippen molar-refractivity contribution < 1.29 is 9.53 Å². The maximum absolute atomic E-state index is 11.7. The molecule has 20 heavy (non-hydrogen) atoms. The zero-order valence-electron chi connectivity index (χ0n) is 11.6. The van der Waals surface area contributed by atoms with Gasteiger partial charge in [0.2, 0.25) is 0 Å². The van der Waals surface area contributed by atoms with E-state index in [1.165, 1.54) is 7.11 Å². The number of anilines is 1. The molecule has 0 spiro atoms. The highest BCUT2D eigenvalue weighted by atomic mass is 35.5. The molecule has 1 aliphatic heterocycles. The van der Waals surface area contributed by atoms with Gasteiger partial charge in [-0.25, -0.2) is 0 Å². The van der Waals surface area contributed by atoms with Gasteiger partial charge in [-0.2, -0.15) is 5.26 Å². The summed E-state index contributed by atoms with van der Waals surface area (Å²) in [5.74, 6) is -0.0357. The Bertz CT molecular complexity index is 553. The Morgan fingerprint density at radius 3 is 2.90 bits per heavy atom. The summed E-state index contributed by atoms with van der Waals surface area (Å²) in [6.07, 6.45) is 0.727. The fourth-order valence-electron chi connectivity index (χ4n) is 2.73. The molecule has 0 bridgehead atoms. The highest BCUT2D eigenvalue weighted by Gasteiger charge is 2.32. The molecule has 0 aliphatic carbocycles. The number of esters is 1. The van der Waals surface area contributed by atoms with Gasteiger partial charge in [-0.3, -0.25) is 4.79 Å². The summed E-state index contributed by atoms with van der Waals surface area (Å²) in [5.41, 5.74) is 1.45. The van der Waals surface area contributed by atoms with Crippen LogP contribution in [0.5, 0.6) is 0 Å². The first-order chi connectivity index (χ1) is 9.56. The van der Waals surface area contributed by atoms with Gasteiger partial charge in [0.25, 0.3) is 0 Å². The number of methoxy groups -OCH3 is 1. The fraction of sp³-hybridized carbons (Fsp3) is 0.467. The van der Waals surface area contributed by atoms with Crippen molar-refractivity contribution in [3.63, 3.8) is 0 Å². The minimum Gasteiger partial charge on any atom is -0.469 e. The normalized spacial score (nSPS) is 22.2. The van der Waals surface area contributed by atoms with Crippen LogP contribution in [0, 0.1) is 23.2 Å². The monoisotopic (exact) mass is 292 g/mol. The number of halogens is 1. The number of hydrogen-bond acceptors (Lipinski definition) is 4. The largest absolute Gasteiger partial charge is 0.469 e. The first-order valence-electron chi connectivity index (χ1n) is 6.59. The quantitative estimate of drug-likeness (QED) is 0.787. The zero-order chi connectivity index (χ0) is 14.7. The molecule has 1 aromatic carbocycles. The first kappa shape index (κ1) is 14.7. The second kappa shape index (κ2) is 6.15. The second-order valence-corrected chi connectivity index (χ2v) is 5.55. The van der Waals surface area contributed by atoms with E-state index in [0.29, 0.717) is 10.6 Å². The number of piperidine rings is 1. The molecule has 0 aromatic heterocycles. The van der Waals surface area contributed by atoms with Crippen molar-refractivity contribution in [3.8, 4) is 6.07 Å². The van der Waals surface area contributed by atoms with Gasteiger partial charge in [0.15, 0.2) is 0 Å². The Kier molecular flexibility index (Phi) is 4.51. The summed E-state index contributed by atoms with van der Waals surface area (Å²) in [6, 6.07) is 7.45. The highest BCUT2D eigenvalue weighted by Crippen LogP contribution is 2.31. The van der Waals surface area contributed by atoms with Crippen molar-refractivity contribution in [2.24, 2.45) is 11.8 Å². The van der Waals surface area contributed by atoms with Crippen molar-refractivity contribution in [1.29, 1.82) is 5.26 Å². The Morgan fingerprint density at radius 1 is 1.55 bits per heavy atom. The topological polar surface area (TPSA) is 53.3 Å². The van der Waals surface area contributed by atoms with E-state index in [1.54, 1.807) is 12.1 Å². The highest BCUT2D eigenvalue weighted by molar-refractivity contribution is 6.30. The molecule has 1 saturated heterocycles. The molecule has 5 heteroatoms. The molecule has 106 valence electrons. The van der Waals surface area contributed by atoms with Gasteiger partial charge in [0, 0.05) is 18.1 Å². The van der Waals surface area contributed by atoms with Crippen LogP contribution in [0.2, 0.25) is 5.02 Å². The van der Waals surface area contributed by atoms with E-state index in [0.717, 1.165) is 25.2 Å². The third-order valence-corrected chi connectivity index (χ3v) is 4.07.